The van der Waals surface area contributed by atoms with E-state index in [4.69, 9.17) is 0 Å². The van der Waals surface area contributed by atoms with Crippen molar-refractivity contribution in [3.8, 4) is 0 Å². The van der Waals surface area contributed by atoms with Crippen LogP contribution in [0, 0.1) is 0 Å². The number of nitrogens with zero attached hydrogens (tertiary/aromatic N) is 1. The van der Waals surface area contributed by atoms with Gasteiger partial charge >= 0.3 is 0 Å². The van der Waals surface area contributed by atoms with E-state index >= 15 is 0 Å². The monoisotopic (exact) mass is 288 g/mol. The van der Waals surface area contributed by atoms with Crippen molar-refractivity contribution in [2.75, 3.05) is 0 Å². The van der Waals surface area contributed by atoms with Gasteiger partial charge in [-0.15, -0.1) is 0 Å². The first-order chi connectivity index (χ1) is 9.93. The fraction of sp³-hybridized carbons (Fsp3) is 0.529. The van der Waals surface area contributed by atoms with E-state index in [0.29, 0.717) is 0 Å². The number of hydrogen-bond donors (Lipinski definition) is 1. The number of rotatable bonds is 4. The molecule has 1 unspecified atom stereocenters. The second-order valence-electron chi connectivity index (χ2n) is 6.05. The summed E-state index contributed by atoms with van der Waals surface area (Å²) >= 11 is 0. The molecule has 1 aromatic rings. The molecule has 21 heavy (non-hydrogen) atoms. The number of nitrogens with one attached hydrogen (secondary N) is 1. The van der Waals surface area contributed by atoms with E-state index in [9.17, 15) is 9.59 Å². The van der Waals surface area contributed by atoms with Gasteiger partial charge in [-0.2, -0.15) is 0 Å². The molecule has 1 aromatic carbocycles. The van der Waals surface area contributed by atoms with Crippen LogP contribution in [0.4, 0.5) is 0 Å². The van der Waals surface area contributed by atoms with Gasteiger partial charge in [0.05, 0.1) is 0 Å². The molecule has 4 heteroatoms. The van der Waals surface area contributed by atoms with Crippen molar-refractivity contribution >= 4 is 11.8 Å². The maximum absolute atomic E-state index is 13.0. The smallest absolute Gasteiger partial charge is 0.250 e. The molecule has 1 saturated heterocycles. The van der Waals surface area contributed by atoms with Gasteiger partial charge in [-0.1, -0.05) is 44.2 Å². The Bertz CT molecular complexity index is 521. The maximum Gasteiger partial charge on any atom is 0.250 e. The topological polar surface area (TPSA) is 49.4 Å². The number of benzene rings is 1. The summed E-state index contributed by atoms with van der Waals surface area (Å²) in [6, 6.07) is 8.95. The van der Waals surface area contributed by atoms with Crippen LogP contribution >= 0.6 is 0 Å². The van der Waals surface area contributed by atoms with Crippen molar-refractivity contribution in [3.63, 3.8) is 0 Å². The highest BCUT2D eigenvalue weighted by Gasteiger charge is 2.48. The lowest BCUT2D eigenvalue weighted by Gasteiger charge is -2.48. The highest BCUT2D eigenvalue weighted by Crippen LogP contribution is 2.31. The Morgan fingerprint density at radius 3 is 2.24 bits per heavy atom. The quantitative estimate of drug-likeness (QED) is 0.926. The predicted octanol–water partition coefficient (Wildman–Crippen LogP) is 2.65. The third-order valence-corrected chi connectivity index (χ3v) is 4.36. The summed E-state index contributed by atoms with van der Waals surface area (Å²) < 4.78 is 0. The molecule has 2 amide bonds. The summed E-state index contributed by atoms with van der Waals surface area (Å²) in [6.45, 7) is 7.75. The maximum atomic E-state index is 13.0. The van der Waals surface area contributed by atoms with Crippen LogP contribution in [0.2, 0.25) is 0 Å². The van der Waals surface area contributed by atoms with Crippen molar-refractivity contribution in [3.05, 3.63) is 35.9 Å². The van der Waals surface area contributed by atoms with E-state index in [-0.39, 0.29) is 17.9 Å². The van der Waals surface area contributed by atoms with E-state index in [1.807, 2.05) is 44.2 Å². The highest BCUT2D eigenvalue weighted by molar-refractivity contribution is 6.00. The average Bonchev–Trinajstić information content (AvgIpc) is 2.48. The minimum atomic E-state index is -0.806. The van der Waals surface area contributed by atoms with Crippen LogP contribution in [0.15, 0.2) is 30.3 Å². The van der Waals surface area contributed by atoms with E-state index in [1.165, 1.54) is 0 Å². The Hall–Kier alpha value is -1.84. The molecule has 2 rings (SSSR count). The number of piperazine rings is 1. The molecule has 0 aromatic heterocycles. The molecule has 4 nitrogen and oxygen atoms in total. The van der Waals surface area contributed by atoms with Crippen LogP contribution in [0.25, 0.3) is 0 Å². The van der Waals surface area contributed by atoms with E-state index < -0.39 is 11.6 Å². The van der Waals surface area contributed by atoms with Crippen molar-refractivity contribution in [1.82, 2.24) is 10.2 Å². The molecule has 0 saturated carbocycles. The Morgan fingerprint density at radius 2 is 1.71 bits per heavy atom. The second kappa shape index (κ2) is 5.88. The first-order valence-corrected chi connectivity index (χ1v) is 7.62. The van der Waals surface area contributed by atoms with Crippen LogP contribution in [0.3, 0.4) is 0 Å². The van der Waals surface area contributed by atoms with Crippen LogP contribution in [0.5, 0.6) is 0 Å². The van der Waals surface area contributed by atoms with Gasteiger partial charge in [0, 0.05) is 6.04 Å². The zero-order chi connectivity index (χ0) is 15.6. The Morgan fingerprint density at radius 1 is 1.14 bits per heavy atom. The normalized spacial score (nSPS) is 21.6. The number of amides is 2. The Balaban J connectivity index is 2.41. The summed E-state index contributed by atoms with van der Waals surface area (Å²) in [5.41, 5.74) is 0.0290. The van der Waals surface area contributed by atoms with Crippen LogP contribution in [0.1, 0.15) is 52.1 Å². The van der Waals surface area contributed by atoms with Crippen molar-refractivity contribution in [2.24, 2.45) is 0 Å². The lowest BCUT2D eigenvalue weighted by molar-refractivity contribution is -0.159. The molecule has 1 fully saturated rings. The summed E-state index contributed by atoms with van der Waals surface area (Å²) in [6.07, 6.45) is 1.70. The third kappa shape index (κ3) is 2.67. The lowest BCUT2D eigenvalue weighted by Crippen LogP contribution is -2.67. The van der Waals surface area contributed by atoms with Crippen molar-refractivity contribution in [2.45, 2.75) is 58.2 Å². The van der Waals surface area contributed by atoms with Gasteiger partial charge in [0.25, 0.3) is 5.91 Å². The summed E-state index contributed by atoms with van der Waals surface area (Å²) in [7, 11) is 0. The van der Waals surface area contributed by atoms with Crippen molar-refractivity contribution in [1.29, 1.82) is 0 Å². The largest absolute Gasteiger partial charge is 0.338 e. The predicted molar refractivity (Wildman–Crippen MR) is 82.6 cm³/mol. The first kappa shape index (κ1) is 15.5. The molecule has 0 radical (unpaired) electrons. The summed E-state index contributed by atoms with van der Waals surface area (Å²) in [4.78, 5) is 27.2. The van der Waals surface area contributed by atoms with E-state index in [0.717, 1.165) is 18.4 Å². The van der Waals surface area contributed by atoms with Crippen LogP contribution in [-0.4, -0.2) is 28.3 Å². The fourth-order valence-electron chi connectivity index (χ4n) is 3.06. The summed E-state index contributed by atoms with van der Waals surface area (Å²) in [5.74, 6) is -0.109. The van der Waals surface area contributed by atoms with E-state index in [1.54, 1.807) is 4.90 Å². The average molecular weight is 288 g/mol. The van der Waals surface area contributed by atoms with Gasteiger partial charge in [0.15, 0.2) is 0 Å². The minimum Gasteiger partial charge on any atom is -0.338 e. The van der Waals surface area contributed by atoms with E-state index in [2.05, 4.69) is 19.2 Å². The van der Waals surface area contributed by atoms with Gasteiger partial charge in [0.2, 0.25) is 5.91 Å². The minimum absolute atomic E-state index is 0.0144. The third-order valence-electron chi connectivity index (χ3n) is 4.36. The highest BCUT2D eigenvalue weighted by atomic mass is 16.2. The molecule has 0 aliphatic carbocycles. The molecule has 1 heterocycles. The van der Waals surface area contributed by atoms with Crippen molar-refractivity contribution < 1.29 is 9.59 Å². The molecule has 1 N–H and O–H groups in total. The van der Waals surface area contributed by atoms with Gasteiger partial charge in [0.1, 0.15) is 11.6 Å². The van der Waals surface area contributed by atoms with Gasteiger partial charge in [-0.25, -0.2) is 0 Å². The van der Waals surface area contributed by atoms with Gasteiger partial charge in [-0.05, 0) is 32.3 Å². The zero-order valence-corrected chi connectivity index (χ0v) is 13.2. The molecule has 1 aliphatic heterocycles. The number of carbonyl (C=O) groups excluding carboxylic acids is 2. The SMILES string of the molecule is CCC(CC)N1C(=O)C(c2ccccc2)NC(=O)C1(C)C. The molecule has 114 valence electrons. The summed E-state index contributed by atoms with van der Waals surface area (Å²) in [5, 5.41) is 2.88. The second-order valence-corrected chi connectivity index (χ2v) is 6.05. The first-order valence-electron chi connectivity index (χ1n) is 7.62. The molecule has 0 bridgehead atoms. The standard InChI is InChI=1S/C17H24N2O2/c1-5-13(6-2)19-15(20)14(12-10-8-7-9-11-12)18-16(21)17(19,3)4/h7-11,13-14H,5-6H2,1-4H3,(H,18,21). The van der Waals surface area contributed by atoms with Gasteiger partial charge in [-0.3, -0.25) is 9.59 Å². The zero-order valence-electron chi connectivity index (χ0n) is 13.2. The molecular weight excluding hydrogens is 264 g/mol. The van der Waals surface area contributed by atoms with Crippen LogP contribution < -0.4 is 5.32 Å². The fourth-order valence-corrected chi connectivity index (χ4v) is 3.06. The molecule has 1 aliphatic rings. The molecule has 0 spiro atoms. The van der Waals surface area contributed by atoms with Crippen LogP contribution in [-0.2, 0) is 9.59 Å². The number of hydrogen-bond acceptors (Lipinski definition) is 2. The number of carbonyl (C=O) groups is 2. The van der Waals surface area contributed by atoms with Gasteiger partial charge < -0.3 is 10.2 Å². The molecular formula is C17H24N2O2. The molecule has 1 atom stereocenters. The Labute approximate surface area is 126 Å². The lowest BCUT2D eigenvalue weighted by atomic mass is 9.89. The Kier molecular flexibility index (Phi) is 4.35.